The summed E-state index contributed by atoms with van der Waals surface area (Å²) < 4.78 is 0. The molecule has 0 radical (unpaired) electrons. The van der Waals surface area contributed by atoms with Crippen molar-refractivity contribution >= 4 is 5.91 Å². The van der Waals surface area contributed by atoms with E-state index in [4.69, 9.17) is 5.73 Å². The summed E-state index contributed by atoms with van der Waals surface area (Å²) in [7, 11) is 0. The van der Waals surface area contributed by atoms with Gasteiger partial charge in [-0.1, -0.05) is 25.0 Å². The van der Waals surface area contributed by atoms with Gasteiger partial charge in [0.05, 0.1) is 0 Å². The van der Waals surface area contributed by atoms with Gasteiger partial charge in [-0.2, -0.15) is 0 Å². The minimum absolute atomic E-state index is 0.162. The highest BCUT2D eigenvalue weighted by Gasteiger charge is 2.27. The monoisotopic (exact) mass is 222 g/mol. The highest BCUT2D eigenvalue weighted by Crippen LogP contribution is 2.28. The van der Waals surface area contributed by atoms with Gasteiger partial charge in [0.15, 0.2) is 0 Å². The SMILES string of the molecule is NCC(NC(=O)C1CC=CC1)C1CCCC1. The molecule has 0 aromatic carbocycles. The van der Waals surface area contributed by atoms with Crippen LogP contribution < -0.4 is 11.1 Å². The summed E-state index contributed by atoms with van der Waals surface area (Å²) in [4.78, 5) is 12.0. The predicted octanol–water partition coefficient (Wildman–Crippen LogP) is 1.59. The zero-order chi connectivity index (χ0) is 11.4. The molecule has 0 spiro atoms. The molecule has 3 heteroatoms. The minimum atomic E-state index is 0.162. The smallest absolute Gasteiger partial charge is 0.224 e. The third-order valence-corrected chi connectivity index (χ3v) is 3.93. The van der Waals surface area contributed by atoms with Crippen LogP contribution in [0.1, 0.15) is 38.5 Å². The van der Waals surface area contributed by atoms with Gasteiger partial charge >= 0.3 is 0 Å². The van der Waals surface area contributed by atoms with Gasteiger partial charge in [-0.25, -0.2) is 0 Å². The van der Waals surface area contributed by atoms with E-state index in [1.807, 2.05) is 0 Å². The number of carbonyl (C=O) groups is 1. The maximum absolute atomic E-state index is 12.0. The Balaban J connectivity index is 1.83. The Labute approximate surface area is 97.5 Å². The number of allylic oxidation sites excluding steroid dienone is 2. The Morgan fingerprint density at radius 2 is 1.94 bits per heavy atom. The van der Waals surface area contributed by atoms with Gasteiger partial charge in [0.2, 0.25) is 5.91 Å². The molecule has 16 heavy (non-hydrogen) atoms. The molecular weight excluding hydrogens is 200 g/mol. The van der Waals surface area contributed by atoms with Gasteiger partial charge in [0.25, 0.3) is 0 Å². The number of nitrogens with one attached hydrogen (secondary N) is 1. The first-order chi connectivity index (χ1) is 7.81. The molecule has 0 saturated heterocycles. The van der Waals surface area contributed by atoms with E-state index in [1.54, 1.807) is 0 Å². The molecular formula is C13H22N2O. The lowest BCUT2D eigenvalue weighted by Crippen LogP contribution is -2.46. The fourth-order valence-electron chi connectivity index (χ4n) is 2.86. The fraction of sp³-hybridized carbons (Fsp3) is 0.769. The summed E-state index contributed by atoms with van der Waals surface area (Å²) in [5.41, 5.74) is 5.77. The third kappa shape index (κ3) is 2.64. The van der Waals surface area contributed by atoms with Crippen LogP contribution in [0.3, 0.4) is 0 Å². The van der Waals surface area contributed by atoms with Crippen LogP contribution in [0, 0.1) is 11.8 Å². The van der Waals surface area contributed by atoms with E-state index in [-0.39, 0.29) is 17.9 Å². The van der Waals surface area contributed by atoms with E-state index < -0.39 is 0 Å². The van der Waals surface area contributed by atoms with Gasteiger partial charge in [0.1, 0.15) is 0 Å². The highest BCUT2D eigenvalue weighted by molar-refractivity contribution is 5.79. The van der Waals surface area contributed by atoms with Crippen LogP contribution in [0.4, 0.5) is 0 Å². The Bertz CT molecular complexity index is 261. The molecule has 1 amide bonds. The molecule has 90 valence electrons. The Kier molecular flexibility index (Phi) is 3.99. The van der Waals surface area contributed by atoms with Crippen molar-refractivity contribution in [3.63, 3.8) is 0 Å². The number of hydrogen-bond acceptors (Lipinski definition) is 2. The largest absolute Gasteiger partial charge is 0.352 e. The molecule has 3 N–H and O–H groups in total. The van der Waals surface area contributed by atoms with Crippen molar-refractivity contribution in [2.75, 3.05) is 6.54 Å². The van der Waals surface area contributed by atoms with Gasteiger partial charge in [-0.05, 0) is 31.6 Å². The van der Waals surface area contributed by atoms with E-state index >= 15 is 0 Å². The molecule has 1 fully saturated rings. The van der Waals surface area contributed by atoms with E-state index in [1.165, 1.54) is 25.7 Å². The van der Waals surface area contributed by atoms with Crippen LogP contribution >= 0.6 is 0 Å². The average Bonchev–Trinajstić information content (AvgIpc) is 2.96. The first-order valence-electron chi connectivity index (χ1n) is 6.46. The fourth-order valence-corrected chi connectivity index (χ4v) is 2.86. The number of rotatable bonds is 4. The zero-order valence-corrected chi connectivity index (χ0v) is 9.82. The maximum Gasteiger partial charge on any atom is 0.224 e. The average molecular weight is 222 g/mol. The van der Waals surface area contributed by atoms with Crippen molar-refractivity contribution in [3.05, 3.63) is 12.2 Å². The summed E-state index contributed by atoms with van der Waals surface area (Å²) in [6.45, 7) is 0.580. The molecule has 1 unspecified atom stereocenters. The summed E-state index contributed by atoms with van der Waals surface area (Å²) in [6.07, 6.45) is 11.0. The summed E-state index contributed by atoms with van der Waals surface area (Å²) in [5.74, 6) is 0.978. The normalized spacial score (nSPS) is 23.8. The lowest BCUT2D eigenvalue weighted by Gasteiger charge is -2.24. The number of nitrogens with two attached hydrogens (primary N) is 1. The van der Waals surface area contributed by atoms with E-state index in [2.05, 4.69) is 17.5 Å². The molecule has 2 aliphatic rings. The summed E-state index contributed by atoms with van der Waals surface area (Å²) >= 11 is 0. The van der Waals surface area contributed by atoms with Crippen molar-refractivity contribution in [1.82, 2.24) is 5.32 Å². The van der Waals surface area contributed by atoms with Crippen LogP contribution in [-0.2, 0) is 4.79 Å². The number of amides is 1. The van der Waals surface area contributed by atoms with Gasteiger partial charge < -0.3 is 11.1 Å². The third-order valence-electron chi connectivity index (χ3n) is 3.93. The van der Waals surface area contributed by atoms with Gasteiger partial charge in [0, 0.05) is 18.5 Å². The van der Waals surface area contributed by atoms with E-state index in [9.17, 15) is 4.79 Å². The standard InChI is InChI=1S/C13H22N2O/c14-9-12(10-5-1-2-6-10)15-13(16)11-7-3-4-8-11/h3-4,10-12H,1-2,5-9,14H2,(H,15,16). The highest BCUT2D eigenvalue weighted by atomic mass is 16.1. The minimum Gasteiger partial charge on any atom is -0.352 e. The van der Waals surface area contributed by atoms with Crippen LogP contribution in [0.25, 0.3) is 0 Å². The van der Waals surface area contributed by atoms with Gasteiger partial charge in [-0.15, -0.1) is 0 Å². The zero-order valence-electron chi connectivity index (χ0n) is 9.82. The maximum atomic E-state index is 12.0. The van der Waals surface area contributed by atoms with Crippen molar-refractivity contribution < 1.29 is 4.79 Å². The molecule has 1 saturated carbocycles. The molecule has 0 aromatic heterocycles. The molecule has 0 aromatic rings. The molecule has 2 aliphatic carbocycles. The molecule has 0 aliphatic heterocycles. The molecule has 3 nitrogen and oxygen atoms in total. The Morgan fingerprint density at radius 1 is 1.31 bits per heavy atom. The van der Waals surface area contributed by atoms with Crippen molar-refractivity contribution in [1.29, 1.82) is 0 Å². The first-order valence-corrected chi connectivity index (χ1v) is 6.46. The summed E-state index contributed by atoms with van der Waals surface area (Å²) in [6, 6.07) is 0.204. The molecule has 2 rings (SSSR count). The second kappa shape index (κ2) is 5.48. The van der Waals surface area contributed by atoms with E-state index in [0.29, 0.717) is 12.5 Å². The van der Waals surface area contributed by atoms with Crippen molar-refractivity contribution in [2.24, 2.45) is 17.6 Å². The van der Waals surface area contributed by atoms with Crippen molar-refractivity contribution in [3.8, 4) is 0 Å². The quantitative estimate of drug-likeness (QED) is 0.710. The Morgan fingerprint density at radius 3 is 2.50 bits per heavy atom. The molecule has 0 heterocycles. The number of carbonyl (C=O) groups excluding carboxylic acids is 1. The number of hydrogen-bond donors (Lipinski definition) is 2. The molecule has 0 bridgehead atoms. The van der Waals surface area contributed by atoms with Crippen molar-refractivity contribution in [2.45, 2.75) is 44.6 Å². The Hall–Kier alpha value is -0.830. The molecule has 1 atom stereocenters. The lowest BCUT2D eigenvalue weighted by molar-refractivity contribution is -0.125. The second-order valence-corrected chi connectivity index (χ2v) is 5.04. The van der Waals surface area contributed by atoms with Crippen LogP contribution in [0.15, 0.2) is 12.2 Å². The van der Waals surface area contributed by atoms with Crippen LogP contribution in [-0.4, -0.2) is 18.5 Å². The topological polar surface area (TPSA) is 55.1 Å². The predicted molar refractivity (Wildman–Crippen MR) is 64.8 cm³/mol. The second-order valence-electron chi connectivity index (χ2n) is 5.04. The summed E-state index contributed by atoms with van der Waals surface area (Å²) in [5, 5.41) is 3.15. The first kappa shape index (κ1) is 11.6. The van der Waals surface area contributed by atoms with Crippen LogP contribution in [0.2, 0.25) is 0 Å². The lowest BCUT2D eigenvalue weighted by atomic mass is 9.97. The van der Waals surface area contributed by atoms with Crippen LogP contribution in [0.5, 0.6) is 0 Å². The van der Waals surface area contributed by atoms with Gasteiger partial charge in [-0.3, -0.25) is 4.79 Å². The van der Waals surface area contributed by atoms with E-state index in [0.717, 1.165) is 12.8 Å².